The highest BCUT2D eigenvalue weighted by molar-refractivity contribution is 5.71. The molecule has 0 rings (SSSR count). The summed E-state index contributed by atoms with van der Waals surface area (Å²) in [7, 11) is 0. The van der Waals surface area contributed by atoms with E-state index in [0.29, 0.717) is 19.3 Å². The van der Waals surface area contributed by atoms with Gasteiger partial charge in [0, 0.05) is 19.3 Å². The summed E-state index contributed by atoms with van der Waals surface area (Å²) in [6, 6.07) is 0. The lowest BCUT2D eigenvalue weighted by molar-refractivity contribution is -0.166. The van der Waals surface area contributed by atoms with Crippen molar-refractivity contribution < 1.29 is 28.6 Å². The number of esters is 3. The van der Waals surface area contributed by atoms with E-state index in [0.717, 1.165) is 77.0 Å². The van der Waals surface area contributed by atoms with E-state index in [1.165, 1.54) is 135 Å². The topological polar surface area (TPSA) is 78.9 Å². The van der Waals surface area contributed by atoms with Crippen LogP contribution in [0.2, 0.25) is 0 Å². The van der Waals surface area contributed by atoms with Crippen LogP contribution in [-0.2, 0) is 28.6 Å². The molecule has 0 saturated heterocycles. The molecule has 0 radical (unpaired) electrons. The zero-order chi connectivity index (χ0) is 46.5. The fraction of sp³-hybridized carbons (Fsp3) is 0.741. The lowest BCUT2D eigenvalue weighted by Gasteiger charge is -2.18. The van der Waals surface area contributed by atoms with E-state index in [4.69, 9.17) is 14.2 Å². The van der Waals surface area contributed by atoms with Crippen LogP contribution in [0.5, 0.6) is 0 Å². The minimum absolute atomic E-state index is 0.103. The van der Waals surface area contributed by atoms with Crippen LogP contribution in [0.15, 0.2) is 72.9 Å². The summed E-state index contributed by atoms with van der Waals surface area (Å²) in [5.74, 6) is -0.996. The summed E-state index contributed by atoms with van der Waals surface area (Å²) in [5, 5.41) is 0. The molecule has 0 aromatic heterocycles. The fourth-order valence-corrected chi connectivity index (χ4v) is 7.39. The van der Waals surface area contributed by atoms with Gasteiger partial charge in [-0.25, -0.2) is 0 Å². The van der Waals surface area contributed by atoms with Crippen LogP contribution >= 0.6 is 0 Å². The second kappa shape index (κ2) is 52.5. The molecule has 0 spiro atoms. The molecule has 0 N–H and O–H groups in total. The second-order valence-electron chi connectivity index (χ2n) is 17.7. The van der Waals surface area contributed by atoms with Crippen LogP contribution in [0.25, 0.3) is 0 Å². The van der Waals surface area contributed by atoms with E-state index in [9.17, 15) is 14.4 Å². The summed E-state index contributed by atoms with van der Waals surface area (Å²) in [4.78, 5) is 38.0. The average Bonchev–Trinajstić information content (AvgIpc) is 3.29. The van der Waals surface area contributed by atoms with E-state index < -0.39 is 6.10 Å². The van der Waals surface area contributed by atoms with Crippen molar-refractivity contribution in [2.24, 2.45) is 0 Å². The molecule has 64 heavy (non-hydrogen) atoms. The van der Waals surface area contributed by atoms with Crippen LogP contribution in [-0.4, -0.2) is 37.2 Å². The number of ether oxygens (including phenoxy) is 3. The predicted octanol–water partition coefficient (Wildman–Crippen LogP) is 17.8. The molecule has 0 amide bonds. The molecule has 0 aliphatic heterocycles. The van der Waals surface area contributed by atoms with Gasteiger partial charge in [-0.3, -0.25) is 14.4 Å². The third-order valence-corrected chi connectivity index (χ3v) is 11.4. The molecule has 1 unspecified atom stereocenters. The minimum Gasteiger partial charge on any atom is -0.462 e. The predicted molar refractivity (Wildman–Crippen MR) is 274 cm³/mol. The highest BCUT2D eigenvalue weighted by atomic mass is 16.6. The van der Waals surface area contributed by atoms with E-state index >= 15 is 0 Å². The maximum atomic E-state index is 12.8. The Morgan fingerprint density at radius 2 is 0.641 bits per heavy atom. The lowest BCUT2D eigenvalue weighted by atomic mass is 10.1. The summed E-state index contributed by atoms with van der Waals surface area (Å²) >= 11 is 0. The number of unbranched alkanes of at least 4 members (excludes halogenated alkanes) is 25. The van der Waals surface area contributed by atoms with E-state index in [1.54, 1.807) is 0 Å². The highest BCUT2D eigenvalue weighted by Crippen LogP contribution is 2.14. The van der Waals surface area contributed by atoms with Gasteiger partial charge in [0.25, 0.3) is 0 Å². The first kappa shape index (κ1) is 60.9. The normalized spacial score (nSPS) is 12.6. The summed E-state index contributed by atoms with van der Waals surface area (Å²) in [6.07, 6.45) is 66.2. The summed E-state index contributed by atoms with van der Waals surface area (Å²) in [6.45, 7) is 6.45. The molecule has 0 aliphatic carbocycles. The SMILES string of the molecule is CC/C=C\C/C=C\C/C=C\C/C=C\CCC(=O)OCC(COC(=O)CCCCCCCCC/C=C\CCCCCCCC)OC(=O)CCCCCCC/C=C\CCCCCCCCC. The van der Waals surface area contributed by atoms with Gasteiger partial charge in [-0.2, -0.15) is 0 Å². The lowest BCUT2D eigenvalue weighted by Crippen LogP contribution is -2.30. The average molecular weight is 893 g/mol. The molecule has 368 valence electrons. The molecule has 6 heteroatoms. The molecule has 0 heterocycles. The van der Waals surface area contributed by atoms with Crippen molar-refractivity contribution in [1.29, 1.82) is 0 Å². The zero-order valence-electron chi connectivity index (χ0n) is 42.0. The van der Waals surface area contributed by atoms with Crippen molar-refractivity contribution in [1.82, 2.24) is 0 Å². The third-order valence-electron chi connectivity index (χ3n) is 11.4. The van der Waals surface area contributed by atoms with E-state index in [1.807, 2.05) is 6.08 Å². The first-order chi connectivity index (χ1) is 31.5. The van der Waals surface area contributed by atoms with Gasteiger partial charge >= 0.3 is 17.9 Å². The number of hydrogen-bond donors (Lipinski definition) is 0. The second-order valence-corrected chi connectivity index (χ2v) is 17.7. The first-order valence-electron chi connectivity index (χ1n) is 26.9. The van der Waals surface area contributed by atoms with Crippen LogP contribution < -0.4 is 0 Å². The van der Waals surface area contributed by atoms with Crippen molar-refractivity contribution in [3.8, 4) is 0 Å². The molecule has 1 atom stereocenters. The van der Waals surface area contributed by atoms with Gasteiger partial charge in [-0.15, -0.1) is 0 Å². The van der Waals surface area contributed by atoms with Gasteiger partial charge < -0.3 is 14.2 Å². The fourth-order valence-electron chi connectivity index (χ4n) is 7.39. The molecule has 0 aromatic rings. The Hall–Kier alpha value is -3.15. The van der Waals surface area contributed by atoms with Crippen molar-refractivity contribution >= 4 is 17.9 Å². The molecule has 0 aliphatic rings. The van der Waals surface area contributed by atoms with Crippen molar-refractivity contribution in [3.63, 3.8) is 0 Å². The Labute approximate surface area is 395 Å². The molecular weight excluding hydrogens is 793 g/mol. The van der Waals surface area contributed by atoms with Gasteiger partial charge in [-0.05, 0) is 96.3 Å². The summed E-state index contributed by atoms with van der Waals surface area (Å²) < 4.78 is 16.7. The van der Waals surface area contributed by atoms with E-state index in [2.05, 4.69) is 87.6 Å². The Kier molecular flexibility index (Phi) is 49.9. The smallest absolute Gasteiger partial charge is 0.306 e. The van der Waals surface area contributed by atoms with Crippen molar-refractivity contribution in [2.75, 3.05) is 13.2 Å². The first-order valence-corrected chi connectivity index (χ1v) is 26.9. The van der Waals surface area contributed by atoms with Crippen LogP contribution in [0.3, 0.4) is 0 Å². The van der Waals surface area contributed by atoms with E-state index in [-0.39, 0.29) is 37.5 Å². The van der Waals surface area contributed by atoms with Gasteiger partial charge in [-0.1, -0.05) is 216 Å². The molecule has 0 saturated carbocycles. The standard InChI is InChI=1S/C58H100O6/c1-4-7-10-13-16-19-22-25-27-29-31-33-36-39-42-45-48-51-57(60)63-54-55(53-62-56(59)50-47-44-41-38-35-32-24-21-18-15-12-9-6-3)64-58(61)52-49-46-43-40-37-34-30-28-26-23-20-17-14-11-8-5-2/h9,12,18,21,25,27-28,30,32,35,41,44,55H,4-8,10-11,13-17,19-20,22-24,26,29,31,33-34,36-40,42-43,45-54H2,1-3H3/b12-9-,21-18-,27-25-,30-28-,35-32-,44-41-. The number of rotatable bonds is 48. The Balaban J connectivity index is 4.45. The number of carbonyl (C=O) groups excluding carboxylic acids is 3. The van der Waals surface area contributed by atoms with Crippen molar-refractivity contribution in [2.45, 2.75) is 264 Å². The quantitative estimate of drug-likeness (QED) is 0.0262. The minimum atomic E-state index is -0.809. The zero-order valence-corrected chi connectivity index (χ0v) is 42.0. The third kappa shape index (κ3) is 49.9. The maximum Gasteiger partial charge on any atom is 0.306 e. The van der Waals surface area contributed by atoms with Gasteiger partial charge in [0.1, 0.15) is 13.2 Å². The maximum absolute atomic E-state index is 12.8. The highest BCUT2D eigenvalue weighted by Gasteiger charge is 2.19. The number of carbonyl (C=O) groups is 3. The molecule has 0 bridgehead atoms. The summed E-state index contributed by atoms with van der Waals surface area (Å²) in [5.41, 5.74) is 0. The van der Waals surface area contributed by atoms with Crippen LogP contribution in [0.4, 0.5) is 0 Å². The van der Waals surface area contributed by atoms with Crippen LogP contribution in [0.1, 0.15) is 258 Å². The molecule has 0 fully saturated rings. The Bertz CT molecular complexity index is 1210. The van der Waals surface area contributed by atoms with Crippen LogP contribution in [0, 0.1) is 0 Å². The molecule has 0 aromatic carbocycles. The Morgan fingerprint density at radius 1 is 0.328 bits per heavy atom. The molecular formula is C58H100O6. The Morgan fingerprint density at radius 3 is 1.05 bits per heavy atom. The number of hydrogen-bond acceptors (Lipinski definition) is 6. The number of allylic oxidation sites excluding steroid dienone is 12. The largest absolute Gasteiger partial charge is 0.462 e. The molecule has 6 nitrogen and oxygen atoms in total. The van der Waals surface area contributed by atoms with Gasteiger partial charge in [0.15, 0.2) is 6.10 Å². The van der Waals surface area contributed by atoms with Crippen molar-refractivity contribution in [3.05, 3.63) is 72.9 Å². The van der Waals surface area contributed by atoms with Gasteiger partial charge in [0.2, 0.25) is 0 Å². The van der Waals surface area contributed by atoms with Gasteiger partial charge in [0.05, 0.1) is 0 Å². The monoisotopic (exact) mass is 893 g/mol.